The highest BCUT2D eigenvalue weighted by Crippen LogP contribution is 2.26. The summed E-state index contributed by atoms with van der Waals surface area (Å²) in [6, 6.07) is 9.58. The van der Waals surface area contributed by atoms with E-state index in [4.69, 9.17) is 4.98 Å². The highest BCUT2D eigenvalue weighted by molar-refractivity contribution is 6.07. The standard InChI is InChI=1S/C18H20N4O/c1-4-9-19-18(23)14-10-17(15-11-20-22(3)12(15)2)21-16-8-6-5-7-13(14)16/h5-8,10-11H,4,9H2,1-3H3,(H,19,23). The fraction of sp³-hybridized carbons (Fsp3) is 0.278. The van der Waals surface area contributed by atoms with E-state index >= 15 is 0 Å². The normalized spacial score (nSPS) is 10.9. The Kier molecular flexibility index (Phi) is 4.10. The zero-order valence-corrected chi connectivity index (χ0v) is 13.6. The molecule has 23 heavy (non-hydrogen) atoms. The molecule has 5 heteroatoms. The van der Waals surface area contributed by atoms with Crippen LogP contribution in [0.1, 0.15) is 29.4 Å². The molecule has 0 fully saturated rings. The molecule has 1 amide bonds. The number of nitrogens with zero attached hydrogens (tertiary/aromatic N) is 3. The summed E-state index contributed by atoms with van der Waals surface area (Å²) in [5.41, 5.74) is 4.21. The van der Waals surface area contributed by atoms with Gasteiger partial charge in [0.2, 0.25) is 0 Å². The minimum atomic E-state index is -0.0618. The van der Waals surface area contributed by atoms with Gasteiger partial charge in [0, 0.05) is 30.2 Å². The summed E-state index contributed by atoms with van der Waals surface area (Å²) in [5.74, 6) is -0.0618. The number of carbonyl (C=O) groups excluding carboxylic acids is 1. The molecule has 5 nitrogen and oxygen atoms in total. The molecular weight excluding hydrogens is 288 g/mol. The number of hydrogen-bond acceptors (Lipinski definition) is 3. The average Bonchev–Trinajstić information content (AvgIpc) is 2.91. The Morgan fingerprint density at radius 1 is 1.30 bits per heavy atom. The lowest BCUT2D eigenvalue weighted by Crippen LogP contribution is -2.24. The van der Waals surface area contributed by atoms with E-state index in [0.29, 0.717) is 12.1 Å². The molecule has 1 N–H and O–H groups in total. The average molecular weight is 308 g/mol. The summed E-state index contributed by atoms with van der Waals surface area (Å²) >= 11 is 0. The van der Waals surface area contributed by atoms with Crippen molar-refractivity contribution in [3.63, 3.8) is 0 Å². The molecular formula is C18H20N4O. The van der Waals surface area contributed by atoms with E-state index in [0.717, 1.165) is 34.3 Å². The number of para-hydroxylation sites is 1. The maximum absolute atomic E-state index is 12.5. The number of aromatic nitrogens is 3. The number of carbonyl (C=O) groups is 1. The largest absolute Gasteiger partial charge is 0.352 e. The first-order valence-corrected chi connectivity index (χ1v) is 7.78. The van der Waals surface area contributed by atoms with Gasteiger partial charge in [-0.1, -0.05) is 25.1 Å². The van der Waals surface area contributed by atoms with E-state index in [9.17, 15) is 4.79 Å². The van der Waals surface area contributed by atoms with Gasteiger partial charge >= 0.3 is 0 Å². The third-order valence-corrected chi connectivity index (χ3v) is 4.01. The van der Waals surface area contributed by atoms with Crippen molar-refractivity contribution in [2.24, 2.45) is 7.05 Å². The maximum Gasteiger partial charge on any atom is 0.252 e. The van der Waals surface area contributed by atoms with Crippen molar-refractivity contribution in [1.29, 1.82) is 0 Å². The molecule has 0 saturated heterocycles. The lowest BCUT2D eigenvalue weighted by Gasteiger charge is -2.10. The van der Waals surface area contributed by atoms with Gasteiger partial charge in [-0.15, -0.1) is 0 Å². The van der Waals surface area contributed by atoms with Crippen LogP contribution in [0, 0.1) is 6.92 Å². The van der Waals surface area contributed by atoms with Crippen LogP contribution in [0.5, 0.6) is 0 Å². The fourth-order valence-corrected chi connectivity index (χ4v) is 2.59. The van der Waals surface area contributed by atoms with Crippen molar-refractivity contribution in [3.05, 3.63) is 47.8 Å². The third kappa shape index (κ3) is 2.82. The van der Waals surface area contributed by atoms with Crippen molar-refractivity contribution < 1.29 is 4.79 Å². The van der Waals surface area contributed by atoms with Crippen molar-refractivity contribution in [1.82, 2.24) is 20.1 Å². The summed E-state index contributed by atoms with van der Waals surface area (Å²) in [7, 11) is 1.90. The second-order valence-corrected chi connectivity index (χ2v) is 5.60. The van der Waals surface area contributed by atoms with E-state index < -0.39 is 0 Å². The summed E-state index contributed by atoms with van der Waals surface area (Å²) in [6.45, 7) is 4.70. The SMILES string of the molecule is CCCNC(=O)c1cc(-c2cnn(C)c2C)nc2ccccc12. The third-order valence-electron chi connectivity index (χ3n) is 4.01. The van der Waals surface area contributed by atoms with Crippen LogP contribution in [-0.2, 0) is 7.05 Å². The Hall–Kier alpha value is -2.69. The second kappa shape index (κ2) is 6.20. The van der Waals surface area contributed by atoms with Crippen molar-refractivity contribution in [3.8, 4) is 11.3 Å². The molecule has 0 spiro atoms. The topological polar surface area (TPSA) is 59.8 Å². The van der Waals surface area contributed by atoms with Gasteiger partial charge in [-0.05, 0) is 25.5 Å². The van der Waals surface area contributed by atoms with Crippen molar-refractivity contribution >= 4 is 16.8 Å². The summed E-state index contributed by atoms with van der Waals surface area (Å²) in [6.07, 6.45) is 2.70. The number of benzene rings is 1. The highest BCUT2D eigenvalue weighted by atomic mass is 16.1. The Labute approximate surface area is 135 Å². The number of rotatable bonds is 4. The van der Waals surface area contributed by atoms with Crippen molar-refractivity contribution in [2.75, 3.05) is 6.54 Å². The molecule has 0 aliphatic rings. The van der Waals surface area contributed by atoms with Gasteiger partial charge in [-0.25, -0.2) is 4.98 Å². The number of pyridine rings is 1. The van der Waals surface area contributed by atoms with Gasteiger partial charge in [0.1, 0.15) is 0 Å². The van der Waals surface area contributed by atoms with Gasteiger partial charge in [-0.3, -0.25) is 9.48 Å². The number of hydrogen-bond donors (Lipinski definition) is 1. The predicted octanol–water partition coefficient (Wildman–Crippen LogP) is 3.08. The van der Waals surface area contributed by atoms with Gasteiger partial charge in [0.15, 0.2) is 0 Å². The van der Waals surface area contributed by atoms with Crippen LogP contribution >= 0.6 is 0 Å². The smallest absolute Gasteiger partial charge is 0.252 e. The first kappa shape index (κ1) is 15.2. The molecule has 0 bridgehead atoms. The molecule has 0 aliphatic carbocycles. The molecule has 2 heterocycles. The van der Waals surface area contributed by atoms with Gasteiger partial charge in [0.25, 0.3) is 5.91 Å². The molecule has 0 radical (unpaired) electrons. The summed E-state index contributed by atoms with van der Waals surface area (Å²) < 4.78 is 1.81. The summed E-state index contributed by atoms with van der Waals surface area (Å²) in [4.78, 5) is 17.2. The zero-order chi connectivity index (χ0) is 16.4. The summed E-state index contributed by atoms with van der Waals surface area (Å²) in [5, 5.41) is 8.09. The maximum atomic E-state index is 12.5. The predicted molar refractivity (Wildman–Crippen MR) is 91.3 cm³/mol. The first-order valence-electron chi connectivity index (χ1n) is 7.78. The first-order chi connectivity index (χ1) is 11.1. The molecule has 2 aromatic heterocycles. The van der Waals surface area contributed by atoms with E-state index in [-0.39, 0.29) is 5.91 Å². The quantitative estimate of drug-likeness (QED) is 0.805. The second-order valence-electron chi connectivity index (χ2n) is 5.60. The van der Waals surface area contributed by atoms with Crippen LogP contribution < -0.4 is 5.32 Å². The van der Waals surface area contributed by atoms with Crippen LogP contribution in [0.15, 0.2) is 36.5 Å². The van der Waals surface area contributed by atoms with E-state index in [1.165, 1.54) is 0 Å². The minimum absolute atomic E-state index is 0.0618. The van der Waals surface area contributed by atoms with Crippen LogP contribution in [0.2, 0.25) is 0 Å². The Bertz CT molecular complexity index is 867. The number of aryl methyl sites for hydroxylation is 1. The van der Waals surface area contributed by atoms with Crippen LogP contribution in [-0.4, -0.2) is 27.2 Å². The molecule has 0 aliphatic heterocycles. The molecule has 0 atom stereocenters. The lowest BCUT2D eigenvalue weighted by molar-refractivity contribution is 0.0955. The highest BCUT2D eigenvalue weighted by Gasteiger charge is 2.15. The minimum Gasteiger partial charge on any atom is -0.352 e. The van der Waals surface area contributed by atoms with Crippen molar-refractivity contribution in [2.45, 2.75) is 20.3 Å². The molecule has 118 valence electrons. The number of nitrogens with one attached hydrogen (secondary N) is 1. The fourth-order valence-electron chi connectivity index (χ4n) is 2.59. The zero-order valence-electron chi connectivity index (χ0n) is 13.6. The van der Waals surface area contributed by atoms with Gasteiger partial charge in [-0.2, -0.15) is 5.10 Å². The van der Waals surface area contributed by atoms with E-state index in [1.807, 2.05) is 55.9 Å². The lowest BCUT2D eigenvalue weighted by atomic mass is 10.0. The molecule has 0 saturated carbocycles. The number of amides is 1. The van der Waals surface area contributed by atoms with Gasteiger partial charge in [0.05, 0.1) is 23.0 Å². The van der Waals surface area contributed by atoms with Crippen LogP contribution in [0.25, 0.3) is 22.2 Å². The van der Waals surface area contributed by atoms with Gasteiger partial charge < -0.3 is 5.32 Å². The Morgan fingerprint density at radius 2 is 2.09 bits per heavy atom. The Balaban J connectivity index is 2.17. The molecule has 1 aromatic carbocycles. The van der Waals surface area contributed by atoms with Crippen LogP contribution in [0.3, 0.4) is 0 Å². The van der Waals surface area contributed by atoms with E-state index in [2.05, 4.69) is 10.4 Å². The van der Waals surface area contributed by atoms with Crippen LogP contribution in [0.4, 0.5) is 0 Å². The molecule has 3 aromatic rings. The monoisotopic (exact) mass is 308 g/mol. The van der Waals surface area contributed by atoms with E-state index in [1.54, 1.807) is 6.20 Å². The molecule has 0 unspecified atom stereocenters. The number of fused-ring (bicyclic) bond motifs is 1. The molecule has 3 rings (SSSR count). The Morgan fingerprint density at radius 3 is 2.78 bits per heavy atom.